The summed E-state index contributed by atoms with van der Waals surface area (Å²) >= 11 is 1.12. The molecule has 0 atom stereocenters. The van der Waals surface area contributed by atoms with Crippen LogP contribution in [0.15, 0.2) is 44.7 Å². The van der Waals surface area contributed by atoms with Gasteiger partial charge in [-0.15, -0.1) is 0 Å². The van der Waals surface area contributed by atoms with Crippen LogP contribution in [0, 0.1) is 11.6 Å². The smallest absolute Gasteiger partial charge is 0.194 e. The van der Waals surface area contributed by atoms with Gasteiger partial charge in [0.2, 0.25) is 0 Å². The normalized spacial score (nSPS) is 10.5. The molecule has 0 aliphatic rings. The Balaban J connectivity index is 2.19. The largest absolute Gasteiger partial charge is 0.446 e. The molecule has 0 amide bonds. The molecule has 2 rings (SSSR count). The Morgan fingerprint density at radius 3 is 2.53 bits per heavy atom. The van der Waals surface area contributed by atoms with Crippen LogP contribution in [0.1, 0.15) is 17.5 Å². The van der Waals surface area contributed by atoms with E-state index < -0.39 is 11.6 Å². The summed E-state index contributed by atoms with van der Waals surface area (Å²) in [6.07, 6.45) is 0. The highest BCUT2D eigenvalue weighted by molar-refractivity contribution is 7.99. The van der Waals surface area contributed by atoms with Gasteiger partial charge in [0.25, 0.3) is 0 Å². The molecule has 1 heterocycles. The van der Waals surface area contributed by atoms with E-state index in [9.17, 15) is 13.6 Å². The Kier molecular flexibility index (Phi) is 3.28. The first-order chi connectivity index (χ1) is 8.06. The molecule has 0 bridgehead atoms. The third kappa shape index (κ3) is 2.74. The van der Waals surface area contributed by atoms with Crippen LogP contribution in [0.4, 0.5) is 8.78 Å². The highest BCUT2D eigenvalue weighted by atomic mass is 32.2. The van der Waals surface area contributed by atoms with Crippen LogP contribution in [-0.2, 0) is 0 Å². The van der Waals surface area contributed by atoms with Crippen LogP contribution in [0.25, 0.3) is 0 Å². The minimum absolute atomic E-state index is 0.179. The van der Waals surface area contributed by atoms with E-state index in [-0.39, 0.29) is 11.5 Å². The number of rotatable bonds is 3. The molecule has 2 aromatic rings. The van der Waals surface area contributed by atoms with Gasteiger partial charge in [-0.05, 0) is 30.3 Å². The molecule has 88 valence electrons. The fraction of sp³-hybridized carbons (Fsp3) is 0.0833. The molecule has 0 saturated heterocycles. The van der Waals surface area contributed by atoms with E-state index in [4.69, 9.17) is 4.42 Å². The second kappa shape index (κ2) is 4.71. The van der Waals surface area contributed by atoms with E-state index in [0.29, 0.717) is 9.99 Å². The number of benzene rings is 1. The summed E-state index contributed by atoms with van der Waals surface area (Å²) in [5.74, 6) is -1.73. The Bertz CT molecular complexity index is 563. The molecule has 2 nitrogen and oxygen atoms in total. The second-order valence-corrected chi connectivity index (χ2v) is 4.43. The highest BCUT2D eigenvalue weighted by Gasteiger charge is 2.09. The standard InChI is InChI=1S/C12H8F2O2S/c1-7(15)11-4-5-12(16-11)17-8-2-3-9(13)10(14)6-8/h2-6H,1H3. The van der Waals surface area contributed by atoms with Crippen molar-refractivity contribution in [2.24, 2.45) is 0 Å². The maximum absolute atomic E-state index is 12.9. The topological polar surface area (TPSA) is 30.2 Å². The van der Waals surface area contributed by atoms with E-state index in [1.165, 1.54) is 13.0 Å². The summed E-state index contributed by atoms with van der Waals surface area (Å²) in [6.45, 7) is 1.39. The van der Waals surface area contributed by atoms with Gasteiger partial charge in [0.1, 0.15) is 0 Å². The van der Waals surface area contributed by atoms with Gasteiger partial charge in [0.15, 0.2) is 28.3 Å². The molecule has 17 heavy (non-hydrogen) atoms. The Morgan fingerprint density at radius 2 is 1.94 bits per heavy atom. The lowest BCUT2D eigenvalue weighted by molar-refractivity contribution is 0.0982. The first-order valence-corrected chi connectivity index (χ1v) is 5.61. The summed E-state index contributed by atoms with van der Waals surface area (Å²) in [6, 6.07) is 6.73. The average molecular weight is 254 g/mol. The van der Waals surface area contributed by atoms with Crippen molar-refractivity contribution in [1.82, 2.24) is 0 Å². The predicted octanol–water partition coefficient (Wildman–Crippen LogP) is 3.91. The maximum atomic E-state index is 12.9. The minimum Gasteiger partial charge on any atom is -0.446 e. The van der Waals surface area contributed by atoms with Gasteiger partial charge >= 0.3 is 0 Å². The third-order valence-corrected chi connectivity index (χ3v) is 2.95. The molecule has 1 aromatic heterocycles. The summed E-state index contributed by atoms with van der Waals surface area (Å²) in [5, 5.41) is 0.459. The molecule has 0 N–H and O–H groups in total. The van der Waals surface area contributed by atoms with Crippen molar-refractivity contribution in [2.75, 3.05) is 0 Å². The van der Waals surface area contributed by atoms with Gasteiger partial charge in [-0.2, -0.15) is 0 Å². The second-order valence-electron chi connectivity index (χ2n) is 3.35. The fourth-order valence-electron chi connectivity index (χ4n) is 1.22. The molecule has 0 aliphatic heterocycles. The van der Waals surface area contributed by atoms with E-state index in [2.05, 4.69) is 0 Å². The number of carbonyl (C=O) groups excluding carboxylic acids is 1. The van der Waals surface area contributed by atoms with Crippen molar-refractivity contribution in [2.45, 2.75) is 16.9 Å². The van der Waals surface area contributed by atoms with Gasteiger partial charge < -0.3 is 4.42 Å². The first kappa shape index (κ1) is 11.9. The van der Waals surface area contributed by atoms with E-state index in [1.807, 2.05) is 0 Å². The lowest BCUT2D eigenvalue weighted by Gasteiger charge is -1.98. The lowest BCUT2D eigenvalue weighted by atomic mass is 10.3. The molecule has 0 aliphatic carbocycles. The summed E-state index contributed by atoms with van der Waals surface area (Å²) in [4.78, 5) is 11.5. The number of hydrogen-bond donors (Lipinski definition) is 0. The zero-order chi connectivity index (χ0) is 12.4. The maximum Gasteiger partial charge on any atom is 0.194 e. The number of carbonyl (C=O) groups is 1. The zero-order valence-corrected chi connectivity index (χ0v) is 9.68. The molecule has 0 saturated carbocycles. The van der Waals surface area contributed by atoms with Crippen LogP contribution in [0.5, 0.6) is 0 Å². The number of furan rings is 1. The number of hydrogen-bond acceptors (Lipinski definition) is 3. The van der Waals surface area contributed by atoms with Crippen LogP contribution in [-0.4, -0.2) is 5.78 Å². The van der Waals surface area contributed by atoms with Crippen LogP contribution < -0.4 is 0 Å². The molecular weight excluding hydrogens is 246 g/mol. The first-order valence-electron chi connectivity index (χ1n) is 4.80. The Labute approximate surface area is 101 Å². The summed E-state index contributed by atoms with van der Waals surface area (Å²) < 4.78 is 30.9. The minimum atomic E-state index is -0.909. The Morgan fingerprint density at radius 1 is 1.18 bits per heavy atom. The zero-order valence-electron chi connectivity index (χ0n) is 8.87. The van der Waals surface area contributed by atoms with Crippen molar-refractivity contribution >= 4 is 17.5 Å². The van der Waals surface area contributed by atoms with Crippen molar-refractivity contribution in [3.05, 3.63) is 47.7 Å². The van der Waals surface area contributed by atoms with E-state index in [0.717, 1.165) is 23.9 Å². The van der Waals surface area contributed by atoms with Crippen LogP contribution in [0.3, 0.4) is 0 Å². The molecule has 5 heteroatoms. The van der Waals surface area contributed by atoms with Gasteiger partial charge in [0, 0.05) is 11.8 Å². The van der Waals surface area contributed by atoms with E-state index >= 15 is 0 Å². The molecule has 0 fully saturated rings. The Hall–Kier alpha value is -1.62. The van der Waals surface area contributed by atoms with Crippen molar-refractivity contribution in [1.29, 1.82) is 0 Å². The quantitative estimate of drug-likeness (QED) is 0.778. The molecule has 0 spiro atoms. The van der Waals surface area contributed by atoms with Gasteiger partial charge in [0.05, 0.1) is 0 Å². The highest BCUT2D eigenvalue weighted by Crippen LogP contribution is 2.30. The predicted molar refractivity (Wildman–Crippen MR) is 59.2 cm³/mol. The molecule has 0 unspecified atom stereocenters. The van der Waals surface area contributed by atoms with Crippen molar-refractivity contribution in [3.63, 3.8) is 0 Å². The number of ketones is 1. The van der Waals surface area contributed by atoms with Crippen LogP contribution in [0.2, 0.25) is 0 Å². The molecule has 0 radical (unpaired) electrons. The third-order valence-electron chi connectivity index (χ3n) is 2.04. The van der Waals surface area contributed by atoms with Crippen molar-refractivity contribution < 1.29 is 18.0 Å². The summed E-state index contributed by atoms with van der Waals surface area (Å²) in [5.41, 5.74) is 0. The van der Waals surface area contributed by atoms with Crippen LogP contribution >= 0.6 is 11.8 Å². The number of halogens is 2. The molecular formula is C12H8F2O2S. The van der Waals surface area contributed by atoms with Crippen molar-refractivity contribution in [3.8, 4) is 0 Å². The molecule has 1 aromatic carbocycles. The summed E-state index contributed by atoms with van der Waals surface area (Å²) in [7, 11) is 0. The van der Waals surface area contributed by atoms with E-state index in [1.54, 1.807) is 12.1 Å². The average Bonchev–Trinajstić information content (AvgIpc) is 2.72. The number of Topliss-reactive ketones (excluding diaryl/α,β-unsaturated/α-hetero) is 1. The van der Waals surface area contributed by atoms with Gasteiger partial charge in [-0.1, -0.05) is 11.8 Å². The lowest BCUT2D eigenvalue weighted by Crippen LogP contribution is -1.86. The fourth-order valence-corrected chi connectivity index (χ4v) is 2.02. The van der Waals surface area contributed by atoms with Gasteiger partial charge in [-0.3, -0.25) is 4.79 Å². The monoisotopic (exact) mass is 254 g/mol. The van der Waals surface area contributed by atoms with Gasteiger partial charge in [-0.25, -0.2) is 8.78 Å². The SMILES string of the molecule is CC(=O)c1ccc(Sc2ccc(F)c(F)c2)o1.